The van der Waals surface area contributed by atoms with Gasteiger partial charge < -0.3 is 19.9 Å². The number of pyridine rings is 2. The first kappa shape index (κ1) is 20.3. The van der Waals surface area contributed by atoms with Crippen LogP contribution in [0.3, 0.4) is 0 Å². The van der Waals surface area contributed by atoms with Gasteiger partial charge in [0.25, 0.3) is 5.91 Å². The molecule has 0 spiro atoms. The summed E-state index contributed by atoms with van der Waals surface area (Å²) in [7, 11) is 1.98. The summed E-state index contributed by atoms with van der Waals surface area (Å²) in [4.78, 5) is 24.0. The number of aryl methyl sites for hydroxylation is 1. The minimum atomic E-state index is -0.515. The quantitative estimate of drug-likeness (QED) is 0.509. The summed E-state index contributed by atoms with van der Waals surface area (Å²) in [5.74, 6) is -0.152. The lowest BCUT2D eigenvalue weighted by Gasteiger charge is -2.33. The molecular formula is C22H23FN8O. The Hall–Kier alpha value is -3.66. The Labute approximate surface area is 183 Å². The van der Waals surface area contributed by atoms with Gasteiger partial charge in [-0.2, -0.15) is 5.10 Å². The highest BCUT2D eigenvalue weighted by molar-refractivity contribution is 6.13. The Kier molecular flexibility index (Phi) is 5.14. The van der Waals surface area contributed by atoms with Crippen molar-refractivity contribution in [2.24, 2.45) is 0 Å². The molecule has 0 radical (unpaired) electrons. The lowest BCUT2D eigenvalue weighted by Crippen LogP contribution is -2.41. The first-order chi connectivity index (χ1) is 15.5. The molecule has 32 heavy (non-hydrogen) atoms. The number of carbonyl (C=O) groups is 1. The highest BCUT2D eigenvalue weighted by atomic mass is 19.1. The number of nitrogens with one attached hydrogen (secondary N) is 2. The number of hydrogen-bond acceptors (Lipinski definition) is 7. The molecule has 10 heteroatoms. The van der Waals surface area contributed by atoms with E-state index >= 15 is 0 Å². The van der Waals surface area contributed by atoms with Gasteiger partial charge in [0, 0.05) is 49.2 Å². The van der Waals surface area contributed by atoms with Crippen LogP contribution in [0.5, 0.6) is 0 Å². The molecule has 1 saturated heterocycles. The van der Waals surface area contributed by atoms with Gasteiger partial charge in [-0.25, -0.2) is 14.4 Å². The van der Waals surface area contributed by atoms with Crippen LogP contribution in [0.4, 0.5) is 15.9 Å². The van der Waals surface area contributed by atoms with Crippen molar-refractivity contribution in [2.75, 3.05) is 30.4 Å². The second-order valence-electron chi connectivity index (χ2n) is 7.98. The molecule has 4 aromatic rings. The van der Waals surface area contributed by atoms with E-state index in [-0.39, 0.29) is 11.2 Å². The lowest BCUT2D eigenvalue weighted by atomic mass is 10.0. The number of nitrogens with zero attached hydrogens (tertiary/aromatic N) is 6. The maximum Gasteiger partial charge on any atom is 0.259 e. The molecule has 0 saturated carbocycles. The van der Waals surface area contributed by atoms with Crippen molar-refractivity contribution in [2.45, 2.75) is 25.8 Å². The summed E-state index contributed by atoms with van der Waals surface area (Å²) in [6.45, 7) is 3.51. The Balaban J connectivity index is 1.46. The average Bonchev–Trinajstić information content (AvgIpc) is 3.19. The molecule has 5 rings (SSSR count). The van der Waals surface area contributed by atoms with Crippen LogP contribution in [0.25, 0.3) is 16.6 Å². The van der Waals surface area contributed by atoms with Crippen LogP contribution in [0.15, 0.2) is 36.9 Å². The SMILES string of the molecule is CNC1CCN(c2ncc(C(=O)Nc3cc(F)c4nc(C)cn4c3)c3nnccc23)CC1. The number of hydrogen-bond donors (Lipinski definition) is 2. The third-order valence-corrected chi connectivity index (χ3v) is 5.86. The molecule has 0 unspecified atom stereocenters. The standard InChI is InChI=1S/C22H23FN8O/c1-13-11-31-12-15(9-18(23)21(31)27-13)28-22(32)17-10-25-20(16-3-6-26-29-19(16)17)30-7-4-14(24-2)5-8-30/h3,6,9-12,14,24H,4-5,7-8H2,1-2H3,(H,28,32). The molecule has 0 aliphatic carbocycles. The number of carbonyl (C=O) groups excluding carboxylic acids is 1. The van der Waals surface area contributed by atoms with Crippen LogP contribution in [-0.4, -0.2) is 56.7 Å². The van der Waals surface area contributed by atoms with E-state index in [1.165, 1.54) is 12.3 Å². The summed E-state index contributed by atoms with van der Waals surface area (Å²) in [6.07, 6.45) is 8.47. The Morgan fingerprint density at radius 3 is 2.84 bits per heavy atom. The maximum atomic E-state index is 14.4. The van der Waals surface area contributed by atoms with Gasteiger partial charge in [-0.3, -0.25) is 4.79 Å². The third-order valence-electron chi connectivity index (χ3n) is 5.86. The summed E-state index contributed by atoms with van der Waals surface area (Å²) < 4.78 is 15.9. The minimum Gasteiger partial charge on any atom is -0.356 e. The molecule has 1 aliphatic heterocycles. The zero-order chi connectivity index (χ0) is 22.2. The summed E-state index contributed by atoms with van der Waals surface area (Å²) in [5.41, 5.74) is 1.96. The van der Waals surface area contributed by atoms with Crippen molar-refractivity contribution in [3.63, 3.8) is 0 Å². The first-order valence-corrected chi connectivity index (χ1v) is 10.5. The van der Waals surface area contributed by atoms with Gasteiger partial charge in [-0.05, 0) is 32.9 Å². The van der Waals surface area contributed by atoms with Gasteiger partial charge in [0.1, 0.15) is 11.3 Å². The van der Waals surface area contributed by atoms with E-state index in [9.17, 15) is 9.18 Å². The fraction of sp³-hybridized carbons (Fsp3) is 0.318. The summed E-state index contributed by atoms with van der Waals surface area (Å²) >= 11 is 0. The lowest BCUT2D eigenvalue weighted by molar-refractivity contribution is 0.102. The van der Waals surface area contributed by atoms with E-state index in [2.05, 4.69) is 35.7 Å². The van der Waals surface area contributed by atoms with Crippen molar-refractivity contribution in [1.29, 1.82) is 0 Å². The van der Waals surface area contributed by atoms with Crippen LogP contribution in [0, 0.1) is 12.7 Å². The smallest absolute Gasteiger partial charge is 0.259 e. The molecule has 0 bridgehead atoms. The minimum absolute atomic E-state index is 0.213. The predicted molar refractivity (Wildman–Crippen MR) is 119 cm³/mol. The van der Waals surface area contributed by atoms with E-state index in [1.54, 1.807) is 29.9 Å². The monoisotopic (exact) mass is 434 g/mol. The van der Waals surface area contributed by atoms with Crippen LogP contribution in [-0.2, 0) is 0 Å². The number of rotatable bonds is 4. The zero-order valence-corrected chi connectivity index (χ0v) is 17.8. The average molecular weight is 434 g/mol. The molecule has 0 atom stereocenters. The zero-order valence-electron chi connectivity index (χ0n) is 17.8. The van der Waals surface area contributed by atoms with Gasteiger partial charge in [0.2, 0.25) is 0 Å². The van der Waals surface area contributed by atoms with Crippen molar-refractivity contribution in [3.05, 3.63) is 54.0 Å². The number of anilines is 2. The fourth-order valence-corrected chi connectivity index (χ4v) is 4.21. The normalized spacial score (nSPS) is 14.9. The first-order valence-electron chi connectivity index (χ1n) is 10.5. The largest absolute Gasteiger partial charge is 0.356 e. The maximum absolute atomic E-state index is 14.4. The van der Waals surface area contributed by atoms with Gasteiger partial charge in [-0.15, -0.1) is 5.10 Å². The predicted octanol–water partition coefficient (Wildman–Crippen LogP) is 2.56. The molecule has 5 heterocycles. The molecule has 2 N–H and O–H groups in total. The van der Waals surface area contributed by atoms with Crippen molar-refractivity contribution < 1.29 is 9.18 Å². The number of fused-ring (bicyclic) bond motifs is 2. The number of halogens is 1. The van der Waals surface area contributed by atoms with Crippen molar-refractivity contribution >= 4 is 34.0 Å². The van der Waals surface area contributed by atoms with Gasteiger partial charge in [-0.1, -0.05) is 0 Å². The molecule has 164 valence electrons. The van der Waals surface area contributed by atoms with E-state index in [0.29, 0.717) is 22.9 Å². The Morgan fingerprint density at radius 1 is 1.25 bits per heavy atom. The van der Waals surface area contributed by atoms with Gasteiger partial charge >= 0.3 is 0 Å². The molecule has 0 aromatic carbocycles. The third kappa shape index (κ3) is 3.62. The molecule has 4 aromatic heterocycles. The van der Waals surface area contributed by atoms with Crippen molar-refractivity contribution in [1.82, 2.24) is 29.9 Å². The van der Waals surface area contributed by atoms with Crippen LogP contribution in [0.1, 0.15) is 28.9 Å². The van der Waals surface area contributed by atoms with Crippen molar-refractivity contribution in [3.8, 4) is 0 Å². The highest BCUT2D eigenvalue weighted by Gasteiger charge is 2.23. The topological polar surface area (TPSA) is 100 Å². The number of amides is 1. The van der Waals surface area contributed by atoms with E-state index < -0.39 is 11.7 Å². The summed E-state index contributed by atoms with van der Waals surface area (Å²) in [5, 5.41) is 15.0. The second-order valence-corrected chi connectivity index (χ2v) is 7.98. The second kappa shape index (κ2) is 8.12. The Morgan fingerprint density at radius 2 is 2.06 bits per heavy atom. The fourth-order valence-electron chi connectivity index (χ4n) is 4.21. The van der Waals surface area contributed by atoms with Crippen LogP contribution < -0.4 is 15.5 Å². The molecule has 9 nitrogen and oxygen atoms in total. The number of imidazole rings is 1. The molecular weight excluding hydrogens is 411 g/mol. The Bertz CT molecular complexity index is 1310. The highest BCUT2D eigenvalue weighted by Crippen LogP contribution is 2.28. The van der Waals surface area contributed by atoms with Crippen LogP contribution in [0.2, 0.25) is 0 Å². The van der Waals surface area contributed by atoms with Crippen LogP contribution >= 0.6 is 0 Å². The van der Waals surface area contributed by atoms with Gasteiger partial charge in [0.05, 0.1) is 23.1 Å². The molecule has 1 amide bonds. The molecule has 1 aliphatic rings. The van der Waals surface area contributed by atoms with E-state index in [0.717, 1.165) is 37.1 Å². The van der Waals surface area contributed by atoms with E-state index in [1.807, 2.05) is 13.1 Å². The van der Waals surface area contributed by atoms with E-state index in [4.69, 9.17) is 0 Å². The van der Waals surface area contributed by atoms with Gasteiger partial charge in [0.15, 0.2) is 11.5 Å². The number of piperidine rings is 1. The summed E-state index contributed by atoms with van der Waals surface area (Å²) in [6, 6.07) is 3.58. The molecule has 1 fully saturated rings. The number of aromatic nitrogens is 5.